The second kappa shape index (κ2) is 5.68. The summed E-state index contributed by atoms with van der Waals surface area (Å²) >= 11 is 0. The fraction of sp³-hybridized carbons (Fsp3) is 0.190. The van der Waals surface area contributed by atoms with Gasteiger partial charge in [0, 0.05) is 29.9 Å². The van der Waals surface area contributed by atoms with Crippen LogP contribution >= 0.6 is 0 Å². The second-order valence-corrected chi connectivity index (χ2v) is 6.27. The smallest absolute Gasteiger partial charge is 0.189 e. The summed E-state index contributed by atoms with van der Waals surface area (Å²) in [7, 11) is 3.66. The van der Waals surface area contributed by atoms with E-state index in [0.29, 0.717) is 0 Å². The molecule has 1 heterocycles. The first-order valence-electron chi connectivity index (χ1n) is 8.13. The zero-order valence-electron chi connectivity index (χ0n) is 13.9. The molecule has 0 unspecified atom stereocenters. The van der Waals surface area contributed by atoms with E-state index in [9.17, 15) is 4.79 Å². The van der Waals surface area contributed by atoms with Crippen molar-refractivity contribution >= 4 is 22.8 Å². The Labute approximate surface area is 141 Å². The van der Waals surface area contributed by atoms with Gasteiger partial charge < -0.3 is 9.30 Å². The van der Waals surface area contributed by atoms with Crippen LogP contribution in [-0.2, 0) is 13.5 Å². The Balaban J connectivity index is 1.74. The molecule has 4 rings (SSSR count). The minimum Gasteiger partial charge on any atom is -0.497 e. The number of aromatic nitrogens is 1. The van der Waals surface area contributed by atoms with E-state index in [4.69, 9.17) is 4.74 Å². The third kappa shape index (κ3) is 2.42. The van der Waals surface area contributed by atoms with Crippen LogP contribution in [0.3, 0.4) is 0 Å². The molecule has 1 aromatic heterocycles. The zero-order chi connectivity index (χ0) is 16.7. The lowest BCUT2D eigenvalue weighted by Crippen LogP contribution is -2.14. The van der Waals surface area contributed by atoms with E-state index in [1.807, 2.05) is 31.3 Å². The Bertz CT molecular complexity index is 979. The van der Waals surface area contributed by atoms with E-state index in [0.717, 1.165) is 40.9 Å². The van der Waals surface area contributed by atoms with Gasteiger partial charge in [-0.1, -0.05) is 18.2 Å². The Morgan fingerprint density at radius 1 is 1.08 bits per heavy atom. The van der Waals surface area contributed by atoms with Crippen LogP contribution in [0.5, 0.6) is 5.75 Å². The van der Waals surface area contributed by atoms with Gasteiger partial charge in [0.1, 0.15) is 5.75 Å². The Kier molecular flexibility index (Phi) is 3.49. The van der Waals surface area contributed by atoms with Gasteiger partial charge >= 0.3 is 0 Å². The molecule has 0 saturated carbocycles. The van der Waals surface area contributed by atoms with Crippen LogP contribution in [0.4, 0.5) is 0 Å². The summed E-state index contributed by atoms with van der Waals surface area (Å²) in [5.41, 5.74) is 4.99. The summed E-state index contributed by atoms with van der Waals surface area (Å²) < 4.78 is 7.36. The number of carbonyl (C=O) groups excluding carboxylic acids is 1. The number of aryl methyl sites for hydroxylation is 2. The van der Waals surface area contributed by atoms with E-state index in [1.54, 1.807) is 7.11 Å². The molecule has 0 fully saturated rings. The van der Waals surface area contributed by atoms with Crippen molar-refractivity contribution in [2.45, 2.75) is 12.8 Å². The van der Waals surface area contributed by atoms with Crippen molar-refractivity contribution in [3.63, 3.8) is 0 Å². The van der Waals surface area contributed by atoms with Gasteiger partial charge in [-0.05, 0) is 59.7 Å². The fourth-order valence-electron chi connectivity index (χ4n) is 3.38. The highest BCUT2D eigenvalue weighted by molar-refractivity contribution is 6.13. The van der Waals surface area contributed by atoms with Gasteiger partial charge in [-0.25, -0.2) is 0 Å². The number of rotatable bonds is 2. The molecular weight excluding hydrogens is 298 g/mol. The van der Waals surface area contributed by atoms with Crippen molar-refractivity contribution in [2.75, 3.05) is 7.11 Å². The minimum atomic E-state index is 0.113. The highest BCUT2D eigenvalue weighted by Gasteiger charge is 2.22. The Hall–Kier alpha value is -2.81. The molecule has 2 aromatic carbocycles. The number of hydrogen-bond acceptors (Lipinski definition) is 2. The average molecular weight is 317 g/mol. The van der Waals surface area contributed by atoms with E-state index in [1.165, 1.54) is 10.9 Å². The summed E-state index contributed by atoms with van der Waals surface area (Å²) in [6.07, 6.45) is 5.75. The number of ketones is 1. The Morgan fingerprint density at radius 3 is 2.79 bits per heavy atom. The first-order chi connectivity index (χ1) is 11.7. The minimum absolute atomic E-state index is 0.113. The van der Waals surface area contributed by atoms with Crippen LogP contribution in [0.15, 0.2) is 54.2 Å². The molecule has 120 valence electrons. The van der Waals surface area contributed by atoms with Gasteiger partial charge in [0.2, 0.25) is 0 Å². The highest BCUT2D eigenvalue weighted by atomic mass is 16.5. The lowest BCUT2D eigenvalue weighted by molar-refractivity contribution is 0.102. The van der Waals surface area contributed by atoms with Crippen molar-refractivity contribution in [1.82, 2.24) is 4.57 Å². The summed E-state index contributed by atoms with van der Waals surface area (Å²) in [6.45, 7) is 0. The lowest BCUT2D eigenvalue weighted by Gasteiger charge is -2.18. The lowest BCUT2D eigenvalue weighted by atomic mass is 9.86. The van der Waals surface area contributed by atoms with Crippen LogP contribution in [0.2, 0.25) is 0 Å². The average Bonchev–Trinajstić information content (AvgIpc) is 2.98. The number of fused-ring (bicyclic) bond motifs is 2. The quantitative estimate of drug-likeness (QED) is 0.656. The van der Waals surface area contributed by atoms with E-state index < -0.39 is 0 Å². The van der Waals surface area contributed by atoms with E-state index >= 15 is 0 Å². The number of benzene rings is 2. The van der Waals surface area contributed by atoms with Gasteiger partial charge in [-0.15, -0.1) is 0 Å². The predicted molar refractivity (Wildman–Crippen MR) is 96.5 cm³/mol. The molecule has 0 atom stereocenters. The molecule has 0 radical (unpaired) electrons. The SMILES string of the molecule is COc1ccc2c(c1)C(=O)/C(=C/c1ccc3ccn(C)c3c1)CC2. The van der Waals surface area contributed by atoms with Crippen molar-refractivity contribution in [3.8, 4) is 5.75 Å². The molecule has 0 saturated heterocycles. The molecule has 0 bridgehead atoms. The summed E-state index contributed by atoms with van der Waals surface area (Å²) in [4.78, 5) is 12.8. The number of hydrogen-bond donors (Lipinski definition) is 0. The van der Waals surface area contributed by atoms with Crippen molar-refractivity contribution in [3.05, 3.63) is 70.9 Å². The molecule has 3 aromatic rings. The van der Waals surface area contributed by atoms with Gasteiger partial charge in [0.15, 0.2) is 5.78 Å². The van der Waals surface area contributed by atoms with Crippen molar-refractivity contribution in [2.24, 2.45) is 7.05 Å². The molecule has 0 amide bonds. The number of carbonyl (C=O) groups is 1. The first kappa shape index (κ1) is 14.8. The van der Waals surface area contributed by atoms with Gasteiger partial charge in [0.05, 0.1) is 7.11 Å². The maximum Gasteiger partial charge on any atom is 0.189 e. The molecule has 0 aliphatic heterocycles. The summed E-state index contributed by atoms with van der Waals surface area (Å²) in [5, 5.41) is 1.21. The topological polar surface area (TPSA) is 31.2 Å². The highest BCUT2D eigenvalue weighted by Crippen LogP contribution is 2.30. The standard InChI is InChI=1S/C21H19NO2/c1-22-10-9-16-4-3-14(12-20(16)22)11-17-6-5-15-7-8-18(24-2)13-19(15)21(17)23/h3-4,7-13H,5-6H2,1-2H3/b17-11+. The normalized spacial score (nSPS) is 15.8. The number of allylic oxidation sites excluding steroid dienone is 1. The predicted octanol–water partition coefficient (Wildman–Crippen LogP) is 4.40. The molecule has 0 N–H and O–H groups in total. The third-order valence-corrected chi connectivity index (χ3v) is 4.77. The molecular formula is C21H19NO2. The second-order valence-electron chi connectivity index (χ2n) is 6.27. The largest absolute Gasteiger partial charge is 0.497 e. The van der Waals surface area contributed by atoms with E-state index in [-0.39, 0.29) is 5.78 Å². The molecule has 24 heavy (non-hydrogen) atoms. The van der Waals surface area contributed by atoms with Crippen LogP contribution in [0.25, 0.3) is 17.0 Å². The van der Waals surface area contributed by atoms with Crippen LogP contribution in [-0.4, -0.2) is 17.5 Å². The summed E-state index contributed by atoms with van der Waals surface area (Å²) in [5.74, 6) is 0.843. The van der Waals surface area contributed by atoms with Crippen LogP contribution in [0, 0.1) is 0 Å². The number of Topliss-reactive ketones (excluding diaryl/α,β-unsaturated/α-hetero) is 1. The fourth-order valence-corrected chi connectivity index (χ4v) is 3.38. The summed E-state index contributed by atoms with van der Waals surface area (Å²) in [6, 6.07) is 14.2. The number of methoxy groups -OCH3 is 1. The molecule has 3 nitrogen and oxygen atoms in total. The molecule has 1 aliphatic carbocycles. The number of ether oxygens (including phenoxy) is 1. The molecule has 1 aliphatic rings. The van der Waals surface area contributed by atoms with Gasteiger partial charge in [0.25, 0.3) is 0 Å². The van der Waals surface area contributed by atoms with E-state index in [2.05, 4.69) is 35.0 Å². The first-order valence-corrected chi connectivity index (χ1v) is 8.13. The monoisotopic (exact) mass is 317 g/mol. The zero-order valence-corrected chi connectivity index (χ0v) is 13.9. The van der Waals surface area contributed by atoms with Gasteiger partial charge in [-0.3, -0.25) is 4.79 Å². The molecule has 0 spiro atoms. The third-order valence-electron chi connectivity index (χ3n) is 4.77. The number of nitrogens with zero attached hydrogens (tertiary/aromatic N) is 1. The van der Waals surface area contributed by atoms with Crippen molar-refractivity contribution < 1.29 is 9.53 Å². The van der Waals surface area contributed by atoms with Crippen molar-refractivity contribution in [1.29, 1.82) is 0 Å². The van der Waals surface area contributed by atoms with Crippen LogP contribution < -0.4 is 4.74 Å². The van der Waals surface area contributed by atoms with Gasteiger partial charge in [-0.2, -0.15) is 0 Å². The Morgan fingerprint density at radius 2 is 1.96 bits per heavy atom. The van der Waals surface area contributed by atoms with Crippen LogP contribution in [0.1, 0.15) is 27.9 Å². The molecule has 3 heteroatoms. The maximum absolute atomic E-state index is 12.8. The maximum atomic E-state index is 12.8.